The lowest BCUT2D eigenvalue weighted by molar-refractivity contribution is 0.0999. The van der Waals surface area contributed by atoms with Gasteiger partial charge in [0.25, 0.3) is 0 Å². The Hall–Kier alpha value is -0.960. The predicted molar refractivity (Wildman–Crippen MR) is 56.1 cm³/mol. The Balaban J connectivity index is 3.15. The molecule has 0 saturated carbocycles. The van der Waals surface area contributed by atoms with Gasteiger partial charge in [-0.3, -0.25) is 4.79 Å². The molecule has 70 valence electrons. The molecule has 0 bridgehead atoms. The lowest BCUT2D eigenvalue weighted by Gasteiger charge is -2.05. The van der Waals surface area contributed by atoms with Crippen LogP contribution in [0.2, 0.25) is 0 Å². The van der Waals surface area contributed by atoms with Crippen molar-refractivity contribution in [2.24, 2.45) is 5.73 Å². The first-order chi connectivity index (χ1) is 6.19. The summed E-state index contributed by atoms with van der Waals surface area (Å²) in [6.45, 7) is 2.02. The van der Waals surface area contributed by atoms with E-state index in [1.807, 2.05) is 25.3 Å². The molecule has 0 aliphatic heterocycles. The van der Waals surface area contributed by atoms with Crippen LogP contribution in [0.25, 0.3) is 0 Å². The van der Waals surface area contributed by atoms with E-state index < -0.39 is 0 Å². The number of nitrogens with two attached hydrogens (primary N) is 1. The second kappa shape index (κ2) is 4.33. The van der Waals surface area contributed by atoms with Crippen LogP contribution < -0.4 is 5.73 Å². The zero-order valence-corrected chi connectivity index (χ0v) is 8.65. The van der Waals surface area contributed by atoms with Crippen molar-refractivity contribution < 1.29 is 4.79 Å². The number of carbonyl (C=O) groups excluding carboxylic acids is 1. The summed E-state index contributed by atoms with van der Waals surface area (Å²) in [7, 11) is 0. The third-order valence-electron chi connectivity index (χ3n) is 1.96. The van der Waals surface area contributed by atoms with Gasteiger partial charge in [0.15, 0.2) is 0 Å². The minimum Gasteiger partial charge on any atom is -0.366 e. The van der Waals surface area contributed by atoms with Crippen molar-refractivity contribution in [1.82, 2.24) is 0 Å². The van der Waals surface area contributed by atoms with Crippen LogP contribution in [0.5, 0.6) is 0 Å². The molecule has 0 aliphatic rings. The van der Waals surface area contributed by atoms with Crippen LogP contribution in [0.4, 0.5) is 0 Å². The van der Waals surface area contributed by atoms with E-state index in [-0.39, 0.29) is 5.91 Å². The molecule has 2 N–H and O–H groups in total. The number of carbonyl (C=O) groups is 1. The first kappa shape index (κ1) is 10.1. The minimum absolute atomic E-state index is 0.343. The standard InChI is InChI=1S/C10H13NOS/c1-3-7-6-8(13-2)4-5-9(7)10(11)12/h4-6H,3H2,1-2H3,(H2,11,12). The van der Waals surface area contributed by atoms with E-state index in [0.717, 1.165) is 12.0 Å². The van der Waals surface area contributed by atoms with Gasteiger partial charge in [-0.15, -0.1) is 11.8 Å². The average Bonchev–Trinajstić information content (AvgIpc) is 2.16. The molecule has 1 aromatic rings. The number of benzene rings is 1. The molecule has 0 radical (unpaired) electrons. The lowest BCUT2D eigenvalue weighted by Crippen LogP contribution is -2.13. The molecule has 0 spiro atoms. The third kappa shape index (κ3) is 2.25. The Kier molecular flexibility index (Phi) is 3.37. The van der Waals surface area contributed by atoms with Gasteiger partial charge >= 0.3 is 0 Å². The molecule has 0 unspecified atom stereocenters. The SMILES string of the molecule is CCc1cc(SC)ccc1C(N)=O. The molecule has 3 heteroatoms. The molecule has 1 aromatic carbocycles. The molecule has 2 nitrogen and oxygen atoms in total. The summed E-state index contributed by atoms with van der Waals surface area (Å²) in [6, 6.07) is 5.74. The van der Waals surface area contributed by atoms with Crippen LogP contribution >= 0.6 is 11.8 Å². The van der Waals surface area contributed by atoms with Crippen molar-refractivity contribution in [1.29, 1.82) is 0 Å². The summed E-state index contributed by atoms with van der Waals surface area (Å²) in [5.41, 5.74) is 6.90. The van der Waals surface area contributed by atoms with Crippen LogP contribution in [0.3, 0.4) is 0 Å². The Morgan fingerprint density at radius 1 is 1.54 bits per heavy atom. The van der Waals surface area contributed by atoms with Gasteiger partial charge in [0, 0.05) is 10.5 Å². The van der Waals surface area contributed by atoms with E-state index in [1.165, 1.54) is 4.90 Å². The number of primary amides is 1. The van der Waals surface area contributed by atoms with Crippen LogP contribution in [-0.2, 0) is 6.42 Å². The van der Waals surface area contributed by atoms with Crippen molar-refractivity contribution >= 4 is 17.7 Å². The van der Waals surface area contributed by atoms with Gasteiger partial charge in [-0.2, -0.15) is 0 Å². The van der Waals surface area contributed by atoms with Gasteiger partial charge < -0.3 is 5.73 Å². The van der Waals surface area contributed by atoms with Gasteiger partial charge in [-0.1, -0.05) is 6.92 Å². The highest BCUT2D eigenvalue weighted by atomic mass is 32.2. The fraction of sp³-hybridized carbons (Fsp3) is 0.300. The Labute approximate surface area is 82.5 Å². The molecular weight excluding hydrogens is 182 g/mol. The van der Waals surface area contributed by atoms with E-state index >= 15 is 0 Å². The van der Waals surface area contributed by atoms with Gasteiger partial charge in [-0.05, 0) is 36.4 Å². The van der Waals surface area contributed by atoms with Gasteiger partial charge in [0.05, 0.1) is 0 Å². The van der Waals surface area contributed by atoms with Gasteiger partial charge in [0.2, 0.25) is 5.91 Å². The maximum atomic E-state index is 11.0. The molecule has 0 fully saturated rings. The van der Waals surface area contributed by atoms with Crippen molar-refractivity contribution in [3.63, 3.8) is 0 Å². The summed E-state index contributed by atoms with van der Waals surface area (Å²) < 4.78 is 0. The van der Waals surface area contributed by atoms with E-state index in [0.29, 0.717) is 5.56 Å². The van der Waals surface area contributed by atoms with Crippen LogP contribution in [0, 0.1) is 0 Å². The van der Waals surface area contributed by atoms with E-state index in [1.54, 1.807) is 17.8 Å². The Morgan fingerprint density at radius 2 is 2.23 bits per heavy atom. The number of hydrogen-bond acceptors (Lipinski definition) is 2. The number of hydrogen-bond donors (Lipinski definition) is 1. The quantitative estimate of drug-likeness (QED) is 0.750. The van der Waals surface area contributed by atoms with Crippen molar-refractivity contribution in [3.8, 4) is 0 Å². The first-order valence-corrected chi connectivity index (χ1v) is 5.38. The van der Waals surface area contributed by atoms with Gasteiger partial charge in [0.1, 0.15) is 0 Å². The predicted octanol–water partition coefficient (Wildman–Crippen LogP) is 2.07. The molecule has 0 heterocycles. The number of thioether (sulfide) groups is 1. The molecule has 1 rings (SSSR count). The molecule has 13 heavy (non-hydrogen) atoms. The van der Waals surface area contributed by atoms with Crippen LogP contribution in [0.15, 0.2) is 23.1 Å². The molecule has 0 aromatic heterocycles. The van der Waals surface area contributed by atoms with Crippen LogP contribution in [0.1, 0.15) is 22.8 Å². The van der Waals surface area contributed by atoms with E-state index in [9.17, 15) is 4.79 Å². The zero-order valence-electron chi connectivity index (χ0n) is 7.83. The van der Waals surface area contributed by atoms with E-state index in [4.69, 9.17) is 5.73 Å². The monoisotopic (exact) mass is 195 g/mol. The Morgan fingerprint density at radius 3 is 2.69 bits per heavy atom. The number of rotatable bonds is 3. The topological polar surface area (TPSA) is 43.1 Å². The first-order valence-electron chi connectivity index (χ1n) is 4.15. The fourth-order valence-corrected chi connectivity index (χ4v) is 1.69. The fourth-order valence-electron chi connectivity index (χ4n) is 1.23. The average molecular weight is 195 g/mol. The highest BCUT2D eigenvalue weighted by Gasteiger charge is 2.06. The number of aryl methyl sites for hydroxylation is 1. The summed E-state index contributed by atoms with van der Waals surface area (Å²) in [5, 5.41) is 0. The smallest absolute Gasteiger partial charge is 0.248 e. The minimum atomic E-state index is -0.343. The molecule has 1 amide bonds. The van der Waals surface area contributed by atoms with Crippen LogP contribution in [-0.4, -0.2) is 12.2 Å². The van der Waals surface area contributed by atoms with Gasteiger partial charge in [-0.25, -0.2) is 0 Å². The molecule has 0 aliphatic carbocycles. The highest BCUT2D eigenvalue weighted by molar-refractivity contribution is 7.98. The second-order valence-electron chi connectivity index (χ2n) is 2.74. The number of amides is 1. The Bertz CT molecular complexity index is 323. The van der Waals surface area contributed by atoms with Crippen molar-refractivity contribution in [2.75, 3.05) is 6.26 Å². The van der Waals surface area contributed by atoms with E-state index in [2.05, 4.69) is 0 Å². The third-order valence-corrected chi connectivity index (χ3v) is 2.68. The lowest BCUT2D eigenvalue weighted by atomic mass is 10.1. The molecular formula is C10H13NOS. The highest BCUT2D eigenvalue weighted by Crippen LogP contribution is 2.19. The summed E-state index contributed by atoms with van der Waals surface area (Å²) >= 11 is 1.67. The molecule has 0 saturated heterocycles. The summed E-state index contributed by atoms with van der Waals surface area (Å²) in [5.74, 6) is -0.343. The molecule has 0 atom stereocenters. The maximum absolute atomic E-state index is 11.0. The summed E-state index contributed by atoms with van der Waals surface area (Å²) in [4.78, 5) is 12.2. The van der Waals surface area contributed by atoms with Crippen molar-refractivity contribution in [3.05, 3.63) is 29.3 Å². The van der Waals surface area contributed by atoms with Crippen molar-refractivity contribution in [2.45, 2.75) is 18.2 Å². The normalized spacial score (nSPS) is 10.0. The second-order valence-corrected chi connectivity index (χ2v) is 3.62. The zero-order chi connectivity index (χ0) is 9.84. The largest absolute Gasteiger partial charge is 0.366 e. The maximum Gasteiger partial charge on any atom is 0.248 e. The summed E-state index contributed by atoms with van der Waals surface area (Å²) in [6.07, 6.45) is 2.85.